The lowest BCUT2D eigenvalue weighted by Crippen LogP contribution is -2.17. The Hall–Kier alpha value is -2.20. The first-order valence-electron chi connectivity index (χ1n) is 5.23. The number of hydrogen-bond donors (Lipinski definition) is 3. The summed E-state index contributed by atoms with van der Waals surface area (Å²) in [6.07, 6.45) is 0. The molecule has 20 heavy (non-hydrogen) atoms. The maximum absolute atomic E-state index is 11.8. The van der Waals surface area contributed by atoms with Crippen molar-refractivity contribution in [2.45, 2.75) is 4.34 Å². The lowest BCUT2D eigenvalue weighted by molar-refractivity contribution is -0.133. The van der Waals surface area contributed by atoms with Crippen molar-refractivity contribution in [1.29, 1.82) is 0 Å². The lowest BCUT2D eigenvalue weighted by atomic mass is 10.3. The Bertz CT molecular complexity index is 696. The van der Waals surface area contributed by atoms with Gasteiger partial charge in [-0.1, -0.05) is 29.2 Å². The summed E-state index contributed by atoms with van der Waals surface area (Å²) in [4.78, 5) is 35.7. The van der Waals surface area contributed by atoms with E-state index in [4.69, 9.17) is 5.11 Å². The van der Waals surface area contributed by atoms with E-state index < -0.39 is 11.9 Å². The number of aromatic amines is 1. The second kappa shape index (κ2) is 6.30. The van der Waals surface area contributed by atoms with Crippen LogP contribution in [0.2, 0.25) is 0 Å². The molecule has 1 amide bonds. The molecule has 2 heterocycles. The van der Waals surface area contributed by atoms with Crippen molar-refractivity contribution < 1.29 is 14.7 Å². The molecule has 0 radical (unpaired) electrons. The molecule has 0 aliphatic heterocycles. The van der Waals surface area contributed by atoms with Crippen LogP contribution in [0.15, 0.2) is 27.3 Å². The van der Waals surface area contributed by atoms with Crippen LogP contribution in [0.4, 0.5) is 5.13 Å². The second-order valence-electron chi connectivity index (χ2n) is 3.44. The van der Waals surface area contributed by atoms with Crippen LogP contribution in [0.1, 0.15) is 10.5 Å². The summed E-state index contributed by atoms with van der Waals surface area (Å²) in [6, 6.07) is 4.21. The molecule has 2 aromatic heterocycles. The summed E-state index contributed by atoms with van der Waals surface area (Å²) in [5.74, 6) is -1.61. The Morgan fingerprint density at radius 3 is 2.90 bits per heavy atom. The number of carboxylic acids is 1. The van der Waals surface area contributed by atoms with Gasteiger partial charge in [0, 0.05) is 6.07 Å². The zero-order valence-electron chi connectivity index (χ0n) is 9.82. The van der Waals surface area contributed by atoms with Gasteiger partial charge in [0.2, 0.25) is 10.7 Å². The molecule has 2 aromatic rings. The van der Waals surface area contributed by atoms with Crippen LogP contribution < -0.4 is 10.9 Å². The average molecular weight is 312 g/mol. The number of anilines is 1. The number of nitrogens with one attached hydrogen (secondary N) is 2. The van der Waals surface area contributed by atoms with Crippen LogP contribution >= 0.6 is 23.1 Å². The van der Waals surface area contributed by atoms with Gasteiger partial charge in [-0.05, 0) is 6.07 Å². The fourth-order valence-electron chi connectivity index (χ4n) is 1.19. The van der Waals surface area contributed by atoms with Crippen molar-refractivity contribution in [1.82, 2.24) is 15.2 Å². The molecule has 0 atom stereocenters. The first kappa shape index (κ1) is 14.2. The van der Waals surface area contributed by atoms with E-state index >= 15 is 0 Å². The van der Waals surface area contributed by atoms with E-state index in [0.717, 1.165) is 23.1 Å². The zero-order chi connectivity index (χ0) is 14.5. The maximum Gasteiger partial charge on any atom is 0.313 e. The number of pyridine rings is 1. The molecule has 3 N–H and O–H groups in total. The highest BCUT2D eigenvalue weighted by Crippen LogP contribution is 2.25. The van der Waals surface area contributed by atoms with Gasteiger partial charge in [-0.15, -0.1) is 10.2 Å². The van der Waals surface area contributed by atoms with Crippen LogP contribution in [0.25, 0.3) is 0 Å². The predicted molar refractivity (Wildman–Crippen MR) is 73.3 cm³/mol. The molecular formula is C10H8N4O4S2. The number of hydrogen-bond acceptors (Lipinski definition) is 7. The van der Waals surface area contributed by atoms with Crippen molar-refractivity contribution in [3.8, 4) is 0 Å². The van der Waals surface area contributed by atoms with Gasteiger partial charge >= 0.3 is 5.97 Å². The van der Waals surface area contributed by atoms with E-state index in [1.54, 1.807) is 0 Å². The maximum atomic E-state index is 11.8. The van der Waals surface area contributed by atoms with E-state index in [1.807, 2.05) is 0 Å². The van der Waals surface area contributed by atoms with Crippen LogP contribution in [0, 0.1) is 0 Å². The highest BCUT2D eigenvalue weighted by Gasteiger charge is 2.11. The summed E-state index contributed by atoms with van der Waals surface area (Å²) in [7, 11) is 0. The summed E-state index contributed by atoms with van der Waals surface area (Å²) >= 11 is 2.07. The van der Waals surface area contributed by atoms with E-state index in [1.165, 1.54) is 18.2 Å². The monoisotopic (exact) mass is 312 g/mol. The van der Waals surface area contributed by atoms with Crippen molar-refractivity contribution in [3.63, 3.8) is 0 Å². The fraction of sp³-hybridized carbons (Fsp3) is 0.100. The number of H-pyrrole nitrogens is 1. The highest BCUT2D eigenvalue weighted by atomic mass is 32.2. The van der Waals surface area contributed by atoms with Gasteiger partial charge < -0.3 is 10.1 Å². The predicted octanol–water partition coefficient (Wildman–Crippen LogP) is 0.655. The molecule has 10 heteroatoms. The first-order chi connectivity index (χ1) is 9.54. The number of nitrogens with zero attached hydrogens (tertiary/aromatic N) is 2. The number of amides is 1. The zero-order valence-corrected chi connectivity index (χ0v) is 11.5. The Balaban J connectivity index is 2.01. The number of thioether (sulfide) groups is 1. The van der Waals surface area contributed by atoms with Gasteiger partial charge in [0.05, 0.1) is 5.75 Å². The van der Waals surface area contributed by atoms with Gasteiger partial charge in [-0.2, -0.15) is 0 Å². The van der Waals surface area contributed by atoms with E-state index in [-0.39, 0.29) is 22.1 Å². The van der Waals surface area contributed by atoms with Crippen molar-refractivity contribution in [2.75, 3.05) is 11.1 Å². The molecule has 0 saturated heterocycles. The molecule has 104 valence electrons. The van der Waals surface area contributed by atoms with Crippen LogP contribution in [-0.4, -0.2) is 37.9 Å². The number of carbonyl (C=O) groups is 2. The molecule has 0 spiro atoms. The third-order valence-corrected chi connectivity index (χ3v) is 3.92. The summed E-state index contributed by atoms with van der Waals surface area (Å²) in [5, 5.41) is 18.7. The molecular weight excluding hydrogens is 304 g/mol. The highest BCUT2D eigenvalue weighted by molar-refractivity contribution is 8.01. The van der Waals surface area contributed by atoms with Crippen molar-refractivity contribution in [3.05, 3.63) is 34.2 Å². The number of aromatic nitrogens is 3. The van der Waals surface area contributed by atoms with Gasteiger partial charge in [-0.25, -0.2) is 0 Å². The number of aliphatic carboxylic acids is 1. The number of rotatable bonds is 5. The Kier molecular flexibility index (Phi) is 4.48. The average Bonchev–Trinajstić information content (AvgIpc) is 2.84. The standard InChI is InChI=1S/C10H8N4O4S2/c15-6-3-1-2-5(11-6)8(18)12-9-13-14-10(20-9)19-4-7(16)17/h1-3H,4H2,(H,11,15)(H,16,17)(H,12,13,18). The van der Waals surface area contributed by atoms with Gasteiger partial charge in [0.1, 0.15) is 5.69 Å². The fourth-order valence-corrected chi connectivity index (χ4v) is 2.65. The normalized spacial score (nSPS) is 10.2. The molecule has 0 aliphatic rings. The Morgan fingerprint density at radius 2 is 2.20 bits per heavy atom. The first-order valence-corrected chi connectivity index (χ1v) is 7.03. The number of carbonyl (C=O) groups excluding carboxylic acids is 1. The van der Waals surface area contributed by atoms with Gasteiger partial charge in [0.25, 0.3) is 5.91 Å². The minimum atomic E-state index is -0.961. The lowest BCUT2D eigenvalue weighted by Gasteiger charge is -1.99. The van der Waals surface area contributed by atoms with E-state index in [9.17, 15) is 14.4 Å². The topological polar surface area (TPSA) is 125 Å². The Labute approximate surface area is 120 Å². The van der Waals surface area contributed by atoms with Crippen molar-refractivity contribution >= 4 is 40.1 Å². The molecule has 2 rings (SSSR count). The van der Waals surface area contributed by atoms with Gasteiger partial charge in [-0.3, -0.25) is 19.7 Å². The quantitative estimate of drug-likeness (QED) is 0.547. The van der Waals surface area contributed by atoms with E-state index in [2.05, 4.69) is 20.5 Å². The van der Waals surface area contributed by atoms with Crippen LogP contribution in [-0.2, 0) is 4.79 Å². The molecule has 0 fully saturated rings. The molecule has 0 saturated carbocycles. The van der Waals surface area contributed by atoms with Crippen molar-refractivity contribution in [2.24, 2.45) is 0 Å². The third kappa shape index (κ3) is 3.90. The summed E-state index contributed by atoms with van der Waals surface area (Å²) in [6.45, 7) is 0. The Morgan fingerprint density at radius 1 is 1.40 bits per heavy atom. The van der Waals surface area contributed by atoms with Gasteiger partial charge in [0.15, 0.2) is 4.34 Å². The van der Waals surface area contributed by atoms with E-state index in [0.29, 0.717) is 4.34 Å². The largest absolute Gasteiger partial charge is 0.481 e. The van der Waals surface area contributed by atoms with Crippen LogP contribution in [0.3, 0.4) is 0 Å². The molecule has 0 aromatic carbocycles. The minimum Gasteiger partial charge on any atom is -0.481 e. The molecule has 0 bridgehead atoms. The minimum absolute atomic E-state index is 0.104. The molecule has 8 nitrogen and oxygen atoms in total. The summed E-state index contributed by atoms with van der Waals surface area (Å²) in [5.41, 5.74) is -0.278. The molecule has 0 unspecified atom stereocenters. The SMILES string of the molecule is O=C(O)CSc1nnc(NC(=O)c2cccc(=O)[nH]2)s1. The summed E-state index contributed by atoms with van der Waals surface area (Å²) < 4.78 is 0.434. The van der Waals surface area contributed by atoms with Crippen LogP contribution in [0.5, 0.6) is 0 Å². The smallest absolute Gasteiger partial charge is 0.313 e. The third-order valence-electron chi connectivity index (χ3n) is 1.96. The second-order valence-corrected chi connectivity index (χ2v) is 5.64. The number of carboxylic acid groups (broad SMARTS) is 1. The molecule has 0 aliphatic carbocycles.